The Kier molecular flexibility index (Phi) is 2.41. The Bertz CT molecular complexity index is 312. The van der Waals surface area contributed by atoms with Gasteiger partial charge in [0.05, 0.1) is 6.10 Å². The van der Waals surface area contributed by atoms with E-state index >= 15 is 0 Å². The first-order chi connectivity index (χ1) is 6.18. The second-order valence-electron chi connectivity index (χ2n) is 3.32. The molecule has 1 aliphatic rings. The maximum Gasteiger partial charge on any atom is 0.114 e. The lowest BCUT2D eigenvalue weighted by Gasteiger charge is -1.98. The molecule has 0 bridgehead atoms. The number of epoxide rings is 1. The third-order valence-electron chi connectivity index (χ3n) is 2.18. The third-order valence-corrected chi connectivity index (χ3v) is 2.67. The molecule has 0 aliphatic carbocycles. The number of hydrogen-bond donors (Lipinski definition) is 1. The van der Waals surface area contributed by atoms with E-state index in [-0.39, 0.29) is 18.3 Å². The van der Waals surface area contributed by atoms with Crippen LogP contribution in [-0.4, -0.2) is 17.3 Å². The van der Waals surface area contributed by atoms with E-state index in [1.165, 1.54) is 0 Å². The molecule has 0 saturated carbocycles. The molecular weight excluding hydrogens is 232 g/mol. The molecule has 1 aromatic rings. The van der Waals surface area contributed by atoms with E-state index in [1.54, 1.807) is 6.92 Å². The molecule has 0 radical (unpaired) electrons. The second kappa shape index (κ2) is 3.40. The molecule has 3 heteroatoms. The lowest BCUT2D eigenvalue weighted by atomic mass is 10.1. The Balaban J connectivity index is 2.12. The number of ether oxygens (including phenoxy) is 1. The molecule has 1 N–H and O–H groups in total. The molecule has 0 amide bonds. The van der Waals surface area contributed by atoms with Crippen LogP contribution >= 0.6 is 15.9 Å². The molecule has 2 nitrogen and oxygen atoms in total. The van der Waals surface area contributed by atoms with Crippen molar-refractivity contribution < 1.29 is 9.84 Å². The van der Waals surface area contributed by atoms with Gasteiger partial charge in [0.15, 0.2) is 0 Å². The highest BCUT2D eigenvalue weighted by Crippen LogP contribution is 2.41. The summed E-state index contributed by atoms with van der Waals surface area (Å²) in [4.78, 5) is 0. The van der Waals surface area contributed by atoms with Crippen molar-refractivity contribution in [2.45, 2.75) is 25.2 Å². The predicted molar refractivity (Wildman–Crippen MR) is 53.4 cm³/mol. The average Bonchev–Trinajstić information content (AvgIpc) is 2.82. The third kappa shape index (κ3) is 1.93. The van der Waals surface area contributed by atoms with Gasteiger partial charge < -0.3 is 9.84 Å². The minimum Gasteiger partial charge on any atom is -0.391 e. The van der Waals surface area contributed by atoms with Crippen molar-refractivity contribution >= 4 is 15.9 Å². The standard InChI is InChI=1S/C10H11BrO2/c1-6(12)9-10(13-9)7-3-2-4-8(11)5-7/h2-6,9-10,12H,1H3/t6-,9+,10+/m1/s1. The van der Waals surface area contributed by atoms with Crippen molar-refractivity contribution in [2.24, 2.45) is 0 Å². The number of halogens is 1. The zero-order chi connectivity index (χ0) is 9.42. The zero-order valence-electron chi connectivity index (χ0n) is 7.27. The van der Waals surface area contributed by atoms with Crippen molar-refractivity contribution in [1.82, 2.24) is 0 Å². The normalized spacial score (nSPS) is 28.5. The molecular formula is C10H11BrO2. The largest absolute Gasteiger partial charge is 0.391 e. The molecule has 0 aromatic heterocycles. The van der Waals surface area contributed by atoms with Crippen molar-refractivity contribution in [3.63, 3.8) is 0 Å². The predicted octanol–water partition coefficient (Wildman–Crippen LogP) is 2.27. The number of hydrogen-bond acceptors (Lipinski definition) is 2. The Hall–Kier alpha value is -0.380. The molecule has 3 atom stereocenters. The van der Waals surface area contributed by atoms with Crippen LogP contribution in [0, 0.1) is 0 Å². The fraction of sp³-hybridized carbons (Fsp3) is 0.400. The van der Waals surface area contributed by atoms with Crippen LogP contribution in [0.4, 0.5) is 0 Å². The van der Waals surface area contributed by atoms with Crippen LogP contribution in [0.5, 0.6) is 0 Å². The lowest BCUT2D eigenvalue weighted by molar-refractivity contribution is 0.152. The molecule has 1 fully saturated rings. The highest BCUT2D eigenvalue weighted by atomic mass is 79.9. The van der Waals surface area contributed by atoms with Crippen LogP contribution < -0.4 is 0 Å². The molecule has 1 heterocycles. The van der Waals surface area contributed by atoms with Gasteiger partial charge in [0, 0.05) is 4.47 Å². The number of aliphatic hydroxyl groups is 1. The molecule has 0 unspecified atom stereocenters. The molecule has 1 aromatic carbocycles. The Morgan fingerprint density at radius 2 is 2.31 bits per heavy atom. The summed E-state index contributed by atoms with van der Waals surface area (Å²) in [5.41, 5.74) is 1.13. The quantitative estimate of drug-likeness (QED) is 0.808. The summed E-state index contributed by atoms with van der Waals surface area (Å²) in [6.07, 6.45) is -0.323. The SMILES string of the molecule is C[C@@H](O)[C@@H]1O[C@H]1c1cccc(Br)c1. The van der Waals surface area contributed by atoms with E-state index in [9.17, 15) is 5.11 Å². The van der Waals surface area contributed by atoms with E-state index in [4.69, 9.17) is 4.74 Å². The second-order valence-corrected chi connectivity index (χ2v) is 4.23. The van der Waals surface area contributed by atoms with Gasteiger partial charge in [-0.15, -0.1) is 0 Å². The maximum absolute atomic E-state index is 9.26. The summed E-state index contributed by atoms with van der Waals surface area (Å²) in [6, 6.07) is 7.98. The monoisotopic (exact) mass is 242 g/mol. The van der Waals surface area contributed by atoms with Gasteiger partial charge in [-0.1, -0.05) is 28.1 Å². The highest BCUT2D eigenvalue weighted by Gasteiger charge is 2.43. The van der Waals surface area contributed by atoms with E-state index in [0.717, 1.165) is 10.0 Å². The Morgan fingerprint density at radius 1 is 1.54 bits per heavy atom. The zero-order valence-corrected chi connectivity index (χ0v) is 8.86. The van der Waals surface area contributed by atoms with E-state index < -0.39 is 0 Å². The van der Waals surface area contributed by atoms with Crippen LogP contribution in [0.3, 0.4) is 0 Å². The minimum absolute atomic E-state index is 0.0192. The Morgan fingerprint density at radius 3 is 2.85 bits per heavy atom. The van der Waals surface area contributed by atoms with Gasteiger partial charge in [0.2, 0.25) is 0 Å². The first kappa shape index (κ1) is 9.19. The van der Waals surface area contributed by atoms with E-state index in [1.807, 2.05) is 24.3 Å². The van der Waals surface area contributed by atoms with Crippen LogP contribution in [0.2, 0.25) is 0 Å². The van der Waals surface area contributed by atoms with E-state index in [0.29, 0.717) is 0 Å². The molecule has 1 saturated heterocycles. The van der Waals surface area contributed by atoms with Crippen LogP contribution in [0.25, 0.3) is 0 Å². The van der Waals surface area contributed by atoms with Gasteiger partial charge in [-0.05, 0) is 24.6 Å². The number of aliphatic hydroxyl groups excluding tert-OH is 1. The Labute approximate surface area is 85.7 Å². The van der Waals surface area contributed by atoms with Crippen molar-refractivity contribution in [3.05, 3.63) is 34.3 Å². The molecule has 70 valence electrons. The fourth-order valence-corrected chi connectivity index (χ4v) is 1.86. The summed E-state index contributed by atoms with van der Waals surface area (Å²) >= 11 is 3.40. The average molecular weight is 243 g/mol. The summed E-state index contributed by atoms with van der Waals surface area (Å²) in [7, 11) is 0. The van der Waals surface area contributed by atoms with Gasteiger partial charge in [-0.2, -0.15) is 0 Å². The maximum atomic E-state index is 9.26. The number of benzene rings is 1. The summed E-state index contributed by atoms with van der Waals surface area (Å²) in [5.74, 6) is 0. The van der Waals surface area contributed by atoms with Crippen LogP contribution in [0.1, 0.15) is 18.6 Å². The summed E-state index contributed by atoms with van der Waals surface area (Å²) in [6.45, 7) is 1.75. The fourth-order valence-electron chi connectivity index (χ4n) is 1.44. The van der Waals surface area contributed by atoms with Gasteiger partial charge in [-0.25, -0.2) is 0 Å². The van der Waals surface area contributed by atoms with Crippen molar-refractivity contribution in [3.8, 4) is 0 Å². The summed E-state index contributed by atoms with van der Waals surface area (Å²) in [5, 5.41) is 9.26. The molecule has 1 aliphatic heterocycles. The van der Waals surface area contributed by atoms with Gasteiger partial charge in [0.1, 0.15) is 12.2 Å². The van der Waals surface area contributed by atoms with E-state index in [2.05, 4.69) is 15.9 Å². The van der Waals surface area contributed by atoms with Crippen LogP contribution in [-0.2, 0) is 4.74 Å². The van der Waals surface area contributed by atoms with Gasteiger partial charge >= 0.3 is 0 Å². The first-order valence-corrected chi connectivity index (χ1v) is 5.07. The topological polar surface area (TPSA) is 32.8 Å². The van der Waals surface area contributed by atoms with Gasteiger partial charge in [-0.3, -0.25) is 0 Å². The van der Waals surface area contributed by atoms with Crippen LogP contribution in [0.15, 0.2) is 28.7 Å². The summed E-state index contributed by atoms with van der Waals surface area (Å²) < 4.78 is 6.39. The van der Waals surface area contributed by atoms with Gasteiger partial charge in [0.25, 0.3) is 0 Å². The van der Waals surface area contributed by atoms with Crippen molar-refractivity contribution in [1.29, 1.82) is 0 Å². The number of rotatable bonds is 2. The highest BCUT2D eigenvalue weighted by molar-refractivity contribution is 9.10. The first-order valence-electron chi connectivity index (χ1n) is 4.27. The lowest BCUT2D eigenvalue weighted by Crippen LogP contribution is -2.09. The smallest absolute Gasteiger partial charge is 0.114 e. The molecule has 13 heavy (non-hydrogen) atoms. The molecule has 2 rings (SSSR count). The van der Waals surface area contributed by atoms with Crippen molar-refractivity contribution in [2.75, 3.05) is 0 Å². The minimum atomic E-state index is -0.385. The molecule has 0 spiro atoms.